The maximum atomic E-state index is 11.7. The highest BCUT2D eigenvalue weighted by Gasteiger charge is 2.19. The molecule has 1 amide bonds. The van der Waals surface area contributed by atoms with E-state index in [-0.39, 0.29) is 0 Å². The van der Waals surface area contributed by atoms with Crippen molar-refractivity contribution >= 4 is 43.8 Å². The van der Waals surface area contributed by atoms with Crippen molar-refractivity contribution in [2.24, 2.45) is 5.73 Å². The van der Waals surface area contributed by atoms with Gasteiger partial charge < -0.3 is 21.8 Å². The second-order valence-electron chi connectivity index (χ2n) is 8.32. The largest absolute Gasteiger partial charge is 0.382 e. The smallest absolute Gasteiger partial charge is 0.266 e. The number of imidazole rings is 1. The topological polar surface area (TPSA) is 177 Å². The number of aryl methyl sites for hydroxylation is 2. The van der Waals surface area contributed by atoms with Gasteiger partial charge in [-0.15, -0.1) is 0 Å². The molecule has 3 rings (SSSR count). The van der Waals surface area contributed by atoms with E-state index in [0.717, 1.165) is 78.3 Å². The molecule has 1 unspecified atom stereocenters. The van der Waals surface area contributed by atoms with Crippen LogP contribution in [0.15, 0.2) is 18.2 Å². The van der Waals surface area contributed by atoms with E-state index in [1.54, 1.807) is 0 Å². The van der Waals surface area contributed by atoms with Crippen LogP contribution in [0.2, 0.25) is 0 Å². The van der Waals surface area contributed by atoms with Gasteiger partial charge in [-0.05, 0) is 37.3 Å². The molecule has 0 saturated carbocycles. The Labute approximate surface area is 193 Å². The molecule has 0 aliphatic carbocycles. The third-order valence-corrected chi connectivity index (χ3v) is 6.28. The van der Waals surface area contributed by atoms with Gasteiger partial charge in [0.15, 0.2) is 5.82 Å². The first-order chi connectivity index (χ1) is 15.7. The second kappa shape index (κ2) is 10.9. The van der Waals surface area contributed by atoms with Crippen LogP contribution in [0.4, 0.5) is 5.82 Å². The summed E-state index contributed by atoms with van der Waals surface area (Å²) in [5, 5.41) is 3.59. The van der Waals surface area contributed by atoms with Crippen molar-refractivity contribution in [3.63, 3.8) is 0 Å². The van der Waals surface area contributed by atoms with Crippen LogP contribution in [-0.4, -0.2) is 52.2 Å². The number of aromatic nitrogens is 3. The molecular formula is C22H32N6O4S. The number of H-pyrrole nitrogens is 1. The van der Waals surface area contributed by atoms with Crippen LogP contribution < -0.4 is 16.8 Å². The number of carbonyl (C=O) groups is 1. The van der Waals surface area contributed by atoms with Crippen LogP contribution in [0.3, 0.4) is 0 Å². The molecule has 0 saturated heterocycles. The fraction of sp³-hybridized carbons (Fsp3) is 0.500. The number of unbranched alkanes of at least 4 members (excludes halogenated alkanes) is 3. The molecule has 10 nitrogen and oxygen atoms in total. The molecule has 0 spiro atoms. The first-order valence-electron chi connectivity index (χ1n) is 11.2. The zero-order valence-corrected chi connectivity index (χ0v) is 19.6. The molecule has 1 aromatic carbocycles. The van der Waals surface area contributed by atoms with E-state index < -0.39 is 27.8 Å². The zero-order chi connectivity index (χ0) is 24.0. The number of nitrogens with zero attached hydrogens (tertiary/aromatic N) is 2. The van der Waals surface area contributed by atoms with E-state index in [4.69, 9.17) is 16.0 Å². The van der Waals surface area contributed by atoms with E-state index in [1.807, 2.05) is 6.07 Å². The molecule has 2 heterocycles. The summed E-state index contributed by atoms with van der Waals surface area (Å²) >= 11 is 0. The first-order valence-corrected chi connectivity index (χ1v) is 12.8. The van der Waals surface area contributed by atoms with Gasteiger partial charge in [-0.1, -0.05) is 31.9 Å². The van der Waals surface area contributed by atoms with Gasteiger partial charge in [0, 0.05) is 18.4 Å². The Bertz CT molecular complexity index is 1220. The molecule has 7 N–H and O–H groups in total. The summed E-state index contributed by atoms with van der Waals surface area (Å²) in [6.45, 7) is 2.54. The van der Waals surface area contributed by atoms with E-state index in [9.17, 15) is 13.2 Å². The van der Waals surface area contributed by atoms with Crippen LogP contribution in [0, 0.1) is 0 Å². The minimum Gasteiger partial charge on any atom is -0.382 e. The number of rotatable bonds is 12. The number of hydrogen-bond donors (Lipinski definition) is 5. The lowest BCUT2D eigenvalue weighted by Gasteiger charge is -2.10. The Kier molecular flexibility index (Phi) is 8.22. The summed E-state index contributed by atoms with van der Waals surface area (Å²) in [7, 11) is -4.28. The number of nitrogens with two attached hydrogens (primary N) is 2. The van der Waals surface area contributed by atoms with Crippen LogP contribution in [0.5, 0.6) is 0 Å². The van der Waals surface area contributed by atoms with E-state index in [0.29, 0.717) is 12.4 Å². The van der Waals surface area contributed by atoms with Crippen molar-refractivity contribution in [2.75, 3.05) is 18.0 Å². The van der Waals surface area contributed by atoms with Gasteiger partial charge in [0.1, 0.15) is 17.4 Å². The Hall–Kier alpha value is -2.76. The predicted molar refractivity (Wildman–Crippen MR) is 129 cm³/mol. The van der Waals surface area contributed by atoms with E-state index in [1.165, 1.54) is 0 Å². The zero-order valence-electron chi connectivity index (χ0n) is 18.8. The number of fused-ring (bicyclic) bond motifs is 3. The van der Waals surface area contributed by atoms with Crippen molar-refractivity contribution in [1.82, 2.24) is 20.3 Å². The number of anilines is 1. The quantitative estimate of drug-likeness (QED) is 0.195. The van der Waals surface area contributed by atoms with Crippen LogP contribution in [0.1, 0.15) is 50.4 Å². The maximum Gasteiger partial charge on any atom is 0.266 e. The number of aromatic amines is 1. The molecule has 1 atom stereocenters. The summed E-state index contributed by atoms with van der Waals surface area (Å²) < 4.78 is 30.3. The predicted octanol–water partition coefficient (Wildman–Crippen LogP) is 2.08. The van der Waals surface area contributed by atoms with E-state index in [2.05, 4.69) is 39.3 Å². The number of nitrogens with one attached hydrogen (secondary N) is 2. The molecule has 0 fully saturated rings. The number of amides is 1. The van der Waals surface area contributed by atoms with Crippen LogP contribution in [0.25, 0.3) is 21.9 Å². The van der Waals surface area contributed by atoms with Crippen molar-refractivity contribution in [2.45, 2.75) is 57.9 Å². The number of pyridine rings is 1. The summed E-state index contributed by atoms with van der Waals surface area (Å²) in [6, 6.07) is 4.91. The van der Waals surface area contributed by atoms with Gasteiger partial charge in [0.05, 0.1) is 16.8 Å². The summed E-state index contributed by atoms with van der Waals surface area (Å²) in [5.74, 6) is -0.0158. The molecule has 11 heteroatoms. The SMILES string of the molecule is CCCCc1nc2c(N)nc3cc(CCCCCNC(=O)C(N)CS(=O)(=O)O)ccc3c2[nH]1. The van der Waals surface area contributed by atoms with Gasteiger partial charge in [-0.2, -0.15) is 8.42 Å². The van der Waals surface area contributed by atoms with Gasteiger partial charge in [-0.3, -0.25) is 9.35 Å². The summed E-state index contributed by atoms with van der Waals surface area (Å²) in [4.78, 5) is 24.3. The van der Waals surface area contributed by atoms with Crippen molar-refractivity contribution < 1.29 is 17.8 Å². The van der Waals surface area contributed by atoms with E-state index >= 15 is 0 Å². The Balaban J connectivity index is 1.52. The normalized spacial score (nSPS) is 12.9. The monoisotopic (exact) mass is 476 g/mol. The molecule has 3 aromatic rings. The molecule has 0 radical (unpaired) electrons. The van der Waals surface area contributed by atoms with Crippen molar-refractivity contribution in [1.29, 1.82) is 0 Å². The number of benzene rings is 1. The van der Waals surface area contributed by atoms with Gasteiger partial charge in [0.2, 0.25) is 5.91 Å². The van der Waals surface area contributed by atoms with Crippen molar-refractivity contribution in [3.05, 3.63) is 29.6 Å². The molecule has 33 heavy (non-hydrogen) atoms. The third kappa shape index (κ3) is 6.86. The number of nitrogen functional groups attached to an aromatic ring is 1. The Morgan fingerprint density at radius 3 is 2.70 bits per heavy atom. The van der Waals surface area contributed by atoms with Gasteiger partial charge in [0.25, 0.3) is 10.1 Å². The molecular weight excluding hydrogens is 444 g/mol. The highest BCUT2D eigenvalue weighted by molar-refractivity contribution is 7.85. The maximum absolute atomic E-state index is 11.7. The molecule has 0 bridgehead atoms. The minimum absolute atomic E-state index is 0.395. The van der Waals surface area contributed by atoms with Gasteiger partial charge >= 0.3 is 0 Å². The third-order valence-electron chi connectivity index (χ3n) is 5.50. The standard InChI is InChI=1S/C22H32N6O4S/c1-2-3-8-18-27-19-15-10-9-14(12-17(15)26-21(24)20(19)28-18)7-5-4-6-11-25-22(29)16(23)13-33(30,31)32/h9-10,12,16H,2-8,11,13,23H2,1H3,(H2,24,26)(H,25,29)(H,27,28)(H,30,31,32). The minimum atomic E-state index is -4.28. The fourth-order valence-electron chi connectivity index (χ4n) is 3.76. The molecule has 0 aliphatic heterocycles. The Morgan fingerprint density at radius 2 is 1.97 bits per heavy atom. The highest BCUT2D eigenvalue weighted by atomic mass is 32.2. The molecule has 2 aromatic heterocycles. The molecule has 180 valence electrons. The Morgan fingerprint density at radius 1 is 1.18 bits per heavy atom. The number of carbonyl (C=O) groups excluding carboxylic acids is 1. The summed E-state index contributed by atoms with van der Waals surface area (Å²) in [6.07, 6.45) is 6.44. The van der Waals surface area contributed by atoms with Crippen LogP contribution >= 0.6 is 0 Å². The number of hydrogen-bond acceptors (Lipinski definition) is 7. The van der Waals surface area contributed by atoms with Gasteiger partial charge in [-0.25, -0.2) is 9.97 Å². The average Bonchev–Trinajstić information content (AvgIpc) is 3.18. The lowest BCUT2D eigenvalue weighted by Crippen LogP contribution is -2.45. The lowest BCUT2D eigenvalue weighted by atomic mass is 10.0. The second-order valence-corrected chi connectivity index (χ2v) is 9.81. The average molecular weight is 477 g/mol. The summed E-state index contributed by atoms with van der Waals surface area (Å²) in [5.41, 5.74) is 15.3. The molecule has 0 aliphatic rings. The highest BCUT2D eigenvalue weighted by Crippen LogP contribution is 2.27. The van der Waals surface area contributed by atoms with Crippen LogP contribution in [-0.2, 0) is 27.8 Å². The fourth-order valence-corrected chi connectivity index (χ4v) is 4.37. The lowest BCUT2D eigenvalue weighted by molar-refractivity contribution is -0.121. The first kappa shape index (κ1) is 24.9. The van der Waals surface area contributed by atoms with Crippen molar-refractivity contribution in [3.8, 4) is 0 Å².